The van der Waals surface area contributed by atoms with Gasteiger partial charge in [-0.15, -0.1) is 10.2 Å². The Kier molecular flexibility index (Phi) is 5.68. The van der Waals surface area contributed by atoms with Crippen LogP contribution in [0.4, 0.5) is 4.79 Å². The van der Waals surface area contributed by atoms with Crippen LogP contribution in [-0.2, 0) is 23.0 Å². The number of carbonyl (C=O) groups is 2. The third-order valence-electron chi connectivity index (χ3n) is 3.50. The lowest BCUT2D eigenvalue weighted by atomic mass is 9.74. The molecule has 1 rings (SSSR count). The van der Waals surface area contributed by atoms with E-state index in [0.29, 0.717) is 5.82 Å². The number of carboxylic acid groups (broad SMARTS) is 1. The van der Waals surface area contributed by atoms with E-state index in [1.54, 1.807) is 41.7 Å². The van der Waals surface area contributed by atoms with Crippen LogP contribution in [0.3, 0.4) is 0 Å². The van der Waals surface area contributed by atoms with Gasteiger partial charge in [-0.25, -0.2) is 4.79 Å². The Hall–Kier alpha value is -2.19. The molecule has 0 aromatic carbocycles. The van der Waals surface area contributed by atoms with Crippen molar-refractivity contribution in [1.82, 2.24) is 25.5 Å². The molecule has 0 aliphatic heterocycles. The minimum atomic E-state index is -1.25. The van der Waals surface area contributed by atoms with E-state index < -0.39 is 23.1 Å². The minimum Gasteiger partial charge on any atom is -0.481 e. The van der Waals surface area contributed by atoms with E-state index in [2.05, 4.69) is 20.7 Å². The number of carbonyl (C=O) groups excluding carboxylic acids is 1. The van der Waals surface area contributed by atoms with Crippen molar-refractivity contribution in [1.29, 1.82) is 0 Å². The van der Waals surface area contributed by atoms with Gasteiger partial charge in [0, 0.05) is 13.0 Å². The number of hydrogen-bond donors (Lipinski definition) is 2. The summed E-state index contributed by atoms with van der Waals surface area (Å²) in [5.41, 5.74) is -1.90. The Labute approximate surface area is 135 Å². The number of ether oxygens (including phenoxy) is 1. The number of rotatable bonds is 6. The van der Waals surface area contributed by atoms with E-state index in [0.717, 1.165) is 0 Å². The number of nitrogens with one attached hydrogen (secondary N) is 1. The lowest BCUT2D eigenvalue weighted by Crippen LogP contribution is -2.49. The second kappa shape index (κ2) is 6.93. The summed E-state index contributed by atoms with van der Waals surface area (Å²) in [6.45, 7) is 8.69. The molecule has 0 saturated heterocycles. The number of aryl methyl sites for hydroxylation is 1. The molecule has 0 fully saturated rings. The Morgan fingerprint density at radius 3 is 2.35 bits per heavy atom. The first-order valence-electron chi connectivity index (χ1n) is 7.39. The molecule has 1 aromatic rings. The van der Waals surface area contributed by atoms with Crippen LogP contribution in [0.1, 0.15) is 40.4 Å². The standard InChI is InChI=1S/C14H25N5O4/c1-9(2)14(11(20)21,7-10-16-18-19(6)17-10)8-15-12(22)23-13(3,4)5/h9H,7-8H2,1-6H3,(H,15,22)(H,20,21). The molecule has 1 aromatic heterocycles. The van der Waals surface area contributed by atoms with Crippen LogP contribution in [0.15, 0.2) is 0 Å². The maximum absolute atomic E-state index is 11.9. The predicted octanol–water partition coefficient (Wildman–Crippen LogP) is 1.00. The number of hydrogen-bond acceptors (Lipinski definition) is 6. The number of tetrazole rings is 1. The van der Waals surface area contributed by atoms with Gasteiger partial charge in [0.1, 0.15) is 5.60 Å². The summed E-state index contributed by atoms with van der Waals surface area (Å²) in [7, 11) is 1.60. The van der Waals surface area contributed by atoms with Crippen LogP contribution < -0.4 is 5.32 Å². The van der Waals surface area contributed by atoms with Crippen LogP contribution in [0.2, 0.25) is 0 Å². The number of carboxylic acids is 1. The molecule has 9 heteroatoms. The summed E-state index contributed by atoms with van der Waals surface area (Å²) >= 11 is 0. The van der Waals surface area contributed by atoms with Crippen molar-refractivity contribution in [2.24, 2.45) is 18.4 Å². The van der Waals surface area contributed by atoms with Crippen LogP contribution in [0, 0.1) is 11.3 Å². The summed E-state index contributed by atoms with van der Waals surface area (Å²) in [6, 6.07) is 0. The van der Waals surface area contributed by atoms with Crippen LogP contribution in [0.25, 0.3) is 0 Å². The van der Waals surface area contributed by atoms with Crippen molar-refractivity contribution in [2.75, 3.05) is 6.54 Å². The van der Waals surface area contributed by atoms with Crippen LogP contribution >= 0.6 is 0 Å². The zero-order chi connectivity index (χ0) is 17.8. The van der Waals surface area contributed by atoms with E-state index in [-0.39, 0.29) is 18.9 Å². The van der Waals surface area contributed by atoms with Crippen molar-refractivity contribution < 1.29 is 19.4 Å². The summed E-state index contributed by atoms with van der Waals surface area (Å²) in [5, 5.41) is 23.9. The van der Waals surface area contributed by atoms with Crippen molar-refractivity contribution in [2.45, 2.75) is 46.6 Å². The monoisotopic (exact) mass is 327 g/mol. The van der Waals surface area contributed by atoms with Crippen molar-refractivity contribution in [3.63, 3.8) is 0 Å². The molecule has 0 saturated carbocycles. The quantitative estimate of drug-likeness (QED) is 0.800. The molecule has 0 spiro atoms. The van der Waals surface area contributed by atoms with Gasteiger partial charge in [0.05, 0.1) is 12.5 Å². The lowest BCUT2D eigenvalue weighted by molar-refractivity contribution is -0.151. The van der Waals surface area contributed by atoms with Gasteiger partial charge in [-0.2, -0.15) is 4.80 Å². The Morgan fingerprint density at radius 2 is 1.96 bits per heavy atom. The maximum Gasteiger partial charge on any atom is 0.407 e. The highest BCUT2D eigenvalue weighted by Crippen LogP contribution is 2.31. The topological polar surface area (TPSA) is 119 Å². The molecule has 1 atom stereocenters. The van der Waals surface area contributed by atoms with E-state index in [9.17, 15) is 14.7 Å². The second-order valence-corrected chi connectivity index (χ2v) is 6.84. The van der Waals surface area contributed by atoms with E-state index in [1.807, 2.05) is 0 Å². The van der Waals surface area contributed by atoms with Crippen molar-refractivity contribution >= 4 is 12.1 Å². The zero-order valence-corrected chi connectivity index (χ0v) is 14.5. The first kappa shape index (κ1) is 18.9. The molecule has 0 aliphatic rings. The molecule has 0 aliphatic carbocycles. The van der Waals surface area contributed by atoms with E-state index in [1.165, 1.54) is 4.80 Å². The van der Waals surface area contributed by atoms with Gasteiger partial charge in [0.25, 0.3) is 0 Å². The number of amides is 1. The van der Waals surface area contributed by atoms with Gasteiger partial charge < -0.3 is 15.2 Å². The molecule has 0 bridgehead atoms. The fraction of sp³-hybridized carbons (Fsp3) is 0.786. The molecule has 2 N–H and O–H groups in total. The van der Waals surface area contributed by atoms with E-state index in [4.69, 9.17) is 4.74 Å². The van der Waals surface area contributed by atoms with Crippen LogP contribution in [-0.4, -0.2) is 49.5 Å². The molecular formula is C14H25N5O4. The molecule has 23 heavy (non-hydrogen) atoms. The Morgan fingerprint density at radius 1 is 1.35 bits per heavy atom. The van der Waals surface area contributed by atoms with Gasteiger partial charge in [-0.3, -0.25) is 4.79 Å². The van der Waals surface area contributed by atoms with Gasteiger partial charge in [-0.05, 0) is 31.9 Å². The summed E-state index contributed by atoms with van der Waals surface area (Å²) < 4.78 is 5.16. The van der Waals surface area contributed by atoms with Gasteiger partial charge in [-0.1, -0.05) is 13.8 Å². The molecule has 0 radical (unpaired) electrons. The molecule has 9 nitrogen and oxygen atoms in total. The highest BCUT2D eigenvalue weighted by atomic mass is 16.6. The number of aliphatic carboxylic acids is 1. The smallest absolute Gasteiger partial charge is 0.407 e. The van der Waals surface area contributed by atoms with Crippen LogP contribution in [0.5, 0.6) is 0 Å². The van der Waals surface area contributed by atoms with Gasteiger partial charge >= 0.3 is 12.1 Å². The fourth-order valence-corrected chi connectivity index (χ4v) is 2.09. The number of alkyl carbamates (subject to hydrolysis) is 1. The average molecular weight is 327 g/mol. The van der Waals surface area contributed by atoms with Gasteiger partial charge in [0.15, 0.2) is 5.82 Å². The van der Waals surface area contributed by atoms with Crippen molar-refractivity contribution in [3.05, 3.63) is 5.82 Å². The zero-order valence-electron chi connectivity index (χ0n) is 14.5. The number of aromatic nitrogens is 4. The normalized spacial score (nSPS) is 14.4. The first-order valence-corrected chi connectivity index (χ1v) is 7.39. The van der Waals surface area contributed by atoms with Gasteiger partial charge in [0.2, 0.25) is 0 Å². The summed E-state index contributed by atoms with van der Waals surface area (Å²) in [5.74, 6) is -0.982. The largest absolute Gasteiger partial charge is 0.481 e. The number of nitrogens with zero attached hydrogens (tertiary/aromatic N) is 4. The maximum atomic E-state index is 11.9. The fourth-order valence-electron chi connectivity index (χ4n) is 2.09. The minimum absolute atomic E-state index is 0.0592. The average Bonchev–Trinajstić information content (AvgIpc) is 2.77. The molecular weight excluding hydrogens is 302 g/mol. The third-order valence-corrected chi connectivity index (χ3v) is 3.50. The summed E-state index contributed by atoms with van der Waals surface area (Å²) in [4.78, 5) is 25.0. The third kappa shape index (κ3) is 5.19. The first-order chi connectivity index (χ1) is 10.5. The molecule has 1 unspecified atom stereocenters. The molecule has 130 valence electrons. The summed E-state index contributed by atoms with van der Waals surface area (Å²) in [6.07, 6.45) is -0.597. The highest BCUT2D eigenvalue weighted by molar-refractivity contribution is 5.77. The van der Waals surface area contributed by atoms with Crippen molar-refractivity contribution in [3.8, 4) is 0 Å². The Balaban J connectivity index is 2.92. The Bertz CT molecular complexity index is 564. The predicted molar refractivity (Wildman–Crippen MR) is 81.6 cm³/mol. The molecule has 1 amide bonds. The molecule has 1 heterocycles. The SMILES string of the molecule is CC(C)C(CNC(=O)OC(C)(C)C)(Cc1nnn(C)n1)C(=O)O. The lowest BCUT2D eigenvalue weighted by Gasteiger charge is -2.32. The second-order valence-electron chi connectivity index (χ2n) is 6.84. The van der Waals surface area contributed by atoms with E-state index >= 15 is 0 Å². The highest BCUT2D eigenvalue weighted by Gasteiger charge is 2.43.